The molecule has 5 rings (SSSR count). The van der Waals surface area contributed by atoms with E-state index in [1.54, 1.807) is 21.6 Å². The molecule has 4 aliphatic heterocycles. The Balaban J connectivity index is 1.56. The number of fused-ring (bicyclic) bond motifs is 2. The van der Waals surface area contributed by atoms with Crippen LogP contribution in [0.1, 0.15) is 53.4 Å². The summed E-state index contributed by atoms with van der Waals surface area (Å²) in [5, 5.41) is 9.45. The highest BCUT2D eigenvalue weighted by Gasteiger charge is 2.74. The van der Waals surface area contributed by atoms with E-state index >= 15 is 0 Å². The second kappa shape index (κ2) is 11.8. The molecule has 0 radical (unpaired) electrons. The summed E-state index contributed by atoms with van der Waals surface area (Å²) >= 11 is 1.61. The topological polar surface area (TPSA) is 90.4 Å². The molecule has 2 saturated heterocycles. The lowest BCUT2D eigenvalue weighted by molar-refractivity contribution is -0.144. The maximum absolute atomic E-state index is 14.5. The quantitative estimate of drug-likeness (QED) is 0.332. The molecule has 0 aliphatic carbocycles. The highest BCUT2D eigenvalue weighted by molar-refractivity contribution is 8.02. The smallest absolute Gasteiger partial charge is 0.247 e. The molecular formula is C32H43N3O5S. The van der Waals surface area contributed by atoms with Gasteiger partial charge in [0, 0.05) is 42.7 Å². The Morgan fingerprint density at radius 1 is 1.00 bits per heavy atom. The predicted molar refractivity (Wildman–Crippen MR) is 162 cm³/mol. The van der Waals surface area contributed by atoms with Crippen LogP contribution in [0.2, 0.25) is 0 Å². The maximum Gasteiger partial charge on any atom is 0.247 e. The van der Waals surface area contributed by atoms with E-state index < -0.39 is 27.4 Å². The van der Waals surface area contributed by atoms with Gasteiger partial charge in [0.2, 0.25) is 17.7 Å². The van der Waals surface area contributed by atoms with E-state index in [9.17, 15) is 19.5 Å². The molecule has 2 unspecified atom stereocenters. The lowest BCUT2D eigenvalue weighted by atomic mass is 9.74. The van der Waals surface area contributed by atoms with Crippen LogP contribution >= 0.6 is 11.8 Å². The highest BCUT2D eigenvalue weighted by Crippen LogP contribution is 2.65. The molecule has 4 heterocycles. The summed E-state index contributed by atoms with van der Waals surface area (Å²) in [6.45, 7) is 10.0. The zero-order valence-corrected chi connectivity index (χ0v) is 25.4. The van der Waals surface area contributed by atoms with Crippen LogP contribution in [-0.2, 0) is 14.4 Å². The van der Waals surface area contributed by atoms with Gasteiger partial charge in [-0.2, -0.15) is 0 Å². The summed E-state index contributed by atoms with van der Waals surface area (Å²) < 4.78 is 4.10. The van der Waals surface area contributed by atoms with Gasteiger partial charge in [-0.3, -0.25) is 14.4 Å². The molecule has 6 atom stereocenters. The molecule has 1 aromatic carbocycles. The average molecular weight is 582 g/mol. The average Bonchev–Trinajstić information content (AvgIpc) is 3.20. The van der Waals surface area contributed by atoms with Gasteiger partial charge in [-0.25, -0.2) is 0 Å². The Kier molecular flexibility index (Phi) is 8.58. The SMILES string of the molecule is CCCC(C)N1CC=C[C@]23S[C@@]4(C)C=CCN(c5ccc(OCC)cc5)C(=O)[C@H]4[C@H]2C(=O)N(CCCCO)C3C1=O. The number of likely N-dealkylation sites (tertiary alicyclic amines) is 1. The van der Waals surface area contributed by atoms with Gasteiger partial charge in [-0.05, 0) is 64.3 Å². The van der Waals surface area contributed by atoms with Crippen LogP contribution in [0.3, 0.4) is 0 Å². The Labute approximate surface area is 247 Å². The van der Waals surface area contributed by atoms with Crippen LogP contribution < -0.4 is 9.64 Å². The zero-order chi connectivity index (χ0) is 29.4. The number of anilines is 1. The molecule has 1 spiro atoms. The van der Waals surface area contributed by atoms with Crippen LogP contribution in [0.15, 0.2) is 48.6 Å². The Morgan fingerprint density at radius 2 is 1.73 bits per heavy atom. The first-order valence-corrected chi connectivity index (χ1v) is 15.9. The molecule has 0 bridgehead atoms. The lowest BCUT2D eigenvalue weighted by Gasteiger charge is -2.38. The van der Waals surface area contributed by atoms with E-state index in [4.69, 9.17) is 4.74 Å². The number of thioether (sulfide) groups is 1. The van der Waals surface area contributed by atoms with Gasteiger partial charge < -0.3 is 24.5 Å². The van der Waals surface area contributed by atoms with Crippen molar-refractivity contribution in [1.82, 2.24) is 9.80 Å². The van der Waals surface area contributed by atoms with Gasteiger partial charge in [0.1, 0.15) is 11.8 Å². The highest BCUT2D eigenvalue weighted by atomic mass is 32.2. The molecule has 41 heavy (non-hydrogen) atoms. The van der Waals surface area contributed by atoms with Gasteiger partial charge >= 0.3 is 0 Å². The number of hydrogen-bond acceptors (Lipinski definition) is 6. The first-order chi connectivity index (χ1) is 19.7. The van der Waals surface area contributed by atoms with Gasteiger partial charge in [0.05, 0.1) is 23.2 Å². The van der Waals surface area contributed by atoms with Crippen molar-refractivity contribution in [3.63, 3.8) is 0 Å². The normalized spacial score (nSPS) is 31.6. The van der Waals surface area contributed by atoms with Crippen molar-refractivity contribution in [2.24, 2.45) is 11.8 Å². The number of aliphatic hydroxyl groups excluding tert-OH is 1. The largest absolute Gasteiger partial charge is 0.494 e. The van der Waals surface area contributed by atoms with Crippen molar-refractivity contribution < 1.29 is 24.2 Å². The van der Waals surface area contributed by atoms with E-state index in [0.717, 1.165) is 24.3 Å². The summed E-state index contributed by atoms with van der Waals surface area (Å²) in [4.78, 5) is 48.8. The van der Waals surface area contributed by atoms with E-state index in [-0.39, 0.29) is 30.4 Å². The minimum Gasteiger partial charge on any atom is -0.494 e. The zero-order valence-electron chi connectivity index (χ0n) is 24.6. The number of amides is 3. The molecule has 222 valence electrons. The molecule has 1 aromatic rings. The number of benzene rings is 1. The maximum atomic E-state index is 14.5. The van der Waals surface area contributed by atoms with Crippen LogP contribution in [-0.4, -0.2) is 87.1 Å². The van der Waals surface area contributed by atoms with Gasteiger partial charge in [0.15, 0.2) is 0 Å². The Bertz CT molecular complexity index is 1220. The van der Waals surface area contributed by atoms with Crippen LogP contribution in [0, 0.1) is 11.8 Å². The van der Waals surface area contributed by atoms with Crippen molar-refractivity contribution in [2.45, 2.75) is 75.0 Å². The molecule has 4 aliphatic rings. The minimum atomic E-state index is -0.852. The van der Waals surface area contributed by atoms with Crippen molar-refractivity contribution in [1.29, 1.82) is 0 Å². The second-order valence-corrected chi connectivity index (χ2v) is 13.6. The fraction of sp³-hybridized carbons (Fsp3) is 0.594. The summed E-state index contributed by atoms with van der Waals surface area (Å²) in [6.07, 6.45) is 11.2. The number of nitrogens with zero attached hydrogens (tertiary/aromatic N) is 3. The number of rotatable bonds is 10. The summed E-state index contributed by atoms with van der Waals surface area (Å²) in [6, 6.07) is 6.86. The Morgan fingerprint density at radius 3 is 2.41 bits per heavy atom. The van der Waals surface area contributed by atoms with Crippen LogP contribution in [0.5, 0.6) is 5.75 Å². The molecule has 3 amide bonds. The fourth-order valence-corrected chi connectivity index (χ4v) is 9.42. The molecule has 0 saturated carbocycles. The van der Waals surface area contributed by atoms with E-state index in [1.165, 1.54) is 0 Å². The fourth-order valence-electron chi connectivity index (χ4n) is 7.26. The number of carbonyl (C=O) groups excluding carboxylic acids is 3. The third kappa shape index (κ3) is 4.99. The second-order valence-electron chi connectivity index (χ2n) is 11.8. The van der Waals surface area contributed by atoms with Crippen molar-refractivity contribution >= 4 is 35.2 Å². The monoisotopic (exact) mass is 581 g/mol. The van der Waals surface area contributed by atoms with Crippen molar-refractivity contribution in [2.75, 3.05) is 37.7 Å². The first kappa shape index (κ1) is 29.7. The first-order valence-electron chi connectivity index (χ1n) is 15.0. The molecule has 0 aromatic heterocycles. The predicted octanol–water partition coefficient (Wildman–Crippen LogP) is 4.04. The number of carbonyl (C=O) groups is 3. The van der Waals surface area contributed by atoms with E-state index in [1.807, 2.05) is 55.2 Å². The summed E-state index contributed by atoms with van der Waals surface area (Å²) in [5.41, 5.74) is 0.757. The summed E-state index contributed by atoms with van der Waals surface area (Å²) in [5.74, 6) is -0.825. The molecule has 2 fully saturated rings. The Hall–Kier alpha value is -2.78. The van der Waals surface area contributed by atoms with E-state index in [2.05, 4.69) is 26.0 Å². The number of ether oxygens (including phenoxy) is 1. The van der Waals surface area contributed by atoms with Crippen LogP contribution in [0.4, 0.5) is 5.69 Å². The molecular weight excluding hydrogens is 538 g/mol. The molecule has 9 heteroatoms. The summed E-state index contributed by atoms with van der Waals surface area (Å²) in [7, 11) is 0. The molecule has 1 N–H and O–H groups in total. The van der Waals surface area contributed by atoms with Crippen LogP contribution in [0.25, 0.3) is 0 Å². The van der Waals surface area contributed by atoms with Gasteiger partial charge in [-0.1, -0.05) is 37.6 Å². The van der Waals surface area contributed by atoms with E-state index in [0.29, 0.717) is 39.1 Å². The number of unbranched alkanes of at least 4 members (excludes halogenated alkanes) is 1. The van der Waals surface area contributed by atoms with Crippen molar-refractivity contribution in [3.05, 3.63) is 48.6 Å². The number of hydrogen-bond donors (Lipinski definition) is 1. The van der Waals surface area contributed by atoms with Crippen molar-refractivity contribution in [3.8, 4) is 5.75 Å². The standard InChI is InChI=1S/C32H43N3O5S/c1-5-11-22(3)33-19-10-17-32-26(29(38)35(18-7-8-21-36)27(32)30(33)39)25-28(37)34(20-9-16-31(25,4)41-32)23-12-14-24(15-13-23)40-6-2/h9-10,12-17,22,25-27,36H,5-8,11,18-21H2,1-4H3/t22?,25-,26+,27?,31+,32+/m1/s1. The third-order valence-corrected chi connectivity index (χ3v) is 10.9. The number of aliphatic hydroxyl groups is 1. The minimum absolute atomic E-state index is 0.0323. The lowest BCUT2D eigenvalue weighted by Crippen LogP contribution is -2.55. The van der Waals surface area contributed by atoms with Gasteiger partial charge in [-0.15, -0.1) is 11.8 Å². The molecule has 8 nitrogen and oxygen atoms in total. The van der Waals surface area contributed by atoms with Gasteiger partial charge in [0.25, 0.3) is 0 Å². The third-order valence-electron chi connectivity index (χ3n) is 9.09.